The van der Waals surface area contributed by atoms with E-state index in [1.165, 1.54) is 6.92 Å². The molecule has 0 aliphatic carbocycles. The molecule has 0 aromatic rings. The van der Waals surface area contributed by atoms with Gasteiger partial charge in [-0.3, -0.25) is 29.5 Å². The second kappa shape index (κ2) is 7.91. The SMILES string of the molecule is C[C@H](NC1(C)CN([C@H](C)C(=O)O)CCN([C@H](C)C(=O)O)C1)C(=O)O. The van der Waals surface area contributed by atoms with Crippen molar-refractivity contribution in [2.24, 2.45) is 0 Å². The number of carboxylic acids is 3. The molecule has 1 rings (SSSR count). The summed E-state index contributed by atoms with van der Waals surface area (Å²) in [5.41, 5.74) is -0.762. The third kappa shape index (κ3) is 5.15. The largest absolute Gasteiger partial charge is 0.480 e. The summed E-state index contributed by atoms with van der Waals surface area (Å²) in [6.07, 6.45) is 0. The molecule has 3 atom stereocenters. The normalized spacial score (nSPS) is 23.0. The lowest BCUT2D eigenvalue weighted by molar-refractivity contribution is -0.144. The number of nitrogens with zero attached hydrogens (tertiary/aromatic N) is 2. The van der Waals surface area contributed by atoms with Crippen LogP contribution in [0.25, 0.3) is 0 Å². The van der Waals surface area contributed by atoms with E-state index in [0.29, 0.717) is 26.2 Å². The van der Waals surface area contributed by atoms with Crippen LogP contribution in [0.15, 0.2) is 0 Å². The molecule has 1 heterocycles. The Morgan fingerprint density at radius 3 is 1.54 bits per heavy atom. The van der Waals surface area contributed by atoms with E-state index in [4.69, 9.17) is 5.11 Å². The van der Waals surface area contributed by atoms with E-state index in [-0.39, 0.29) is 0 Å². The number of aliphatic carboxylic acids is 3. The Hall–Kier alpha value is -1.71. The molecule has 0 aromatic heterocycles. The molecule has 9 heteroatoms. The zero-order chi connectivity index (χ0) is 18.7. The zero-order valence-electron chi connectivity index (χ0n) is 14.5. The van der Waals surface area contributed by atoms with Crippen molar-refractivity contribution in [2.75, 3.05) is 26.2 Å². The standard InChI is InChI=1S/C15H27N3O6/c1-9(12(19)20)16-15(4)7-17(10(2)13(21)22)5-6-18(8-15)11(3)14(23)24/h9-11,16H,5-8H2,1-4H3,(H,19,20)(H,21,22)(H,23,24)/t9-,10+,11+/m0/s1. The van der Waals surface area contributed by atoms with Crippen LogP contribution < -0.4 is 5.32 Å². The summed E-state index contributed by atoms with van der Waals surface area (Å²) in [5, 5.41) is 30.7. The summed E-state index contributed by atoms with van der Waals surface area (Å²) in [6.45, 7) is 7.84. The van der Waals surface area contributed by atoms with Gasteiger partial charge in [0.1, 0.15) is 18.1 Å². The van der Waals surface area contributed by atoms with Crippen LogP contribution in [0.1, 0.15) is 27.7 Å². The van der Waals surface area contributed by atoms with E-state index in [1.807, 2.05) is 0 Å². The number of hydrogen-bond acceptors (Lipinski definition) is 6. The van der Waals surface area contributed by atoms with E-state index in [9.17, 15) is 24.6 Å². The first-order chi connectivity index (χ1) is 11.0. The maximum absolute atomic E-state index is 11.3. The van der Waals surface area contributed by atoms with E-state index in [1.54, 1.807) is 30.6 Å². The molecule has 1 saturated heterocycles. The summed E-state index contributed by atoms with van der Waals surface area (Å²) in [7, 11) is 0. The van der Waals surface area contributed by atoms with Gasteiger partial charge in [-0.05, 0) is 27.7 Å². The third-order valence-electron chi connectivity index (χ3n) is 4.52. The lowest BCUT2D eigenvalue weighted by atomic mass is 9.98. The Balaban J connectivity index is 3.07. The van der Waals surface area contributed by atoms with Gasteiger partial charge in [0, 0.05) is 31.7 Å². The molecule has 9 nitrogen and oxygen atoms in total. The summed E-state index contributed by atoms with van der Waals surface area (Å²) < 4.78 is 0. The molecule has 0 unspecified atom stereocenters. The van der Waals surface area contributed by atoms with Crippen molar-refractivity contribution in [1.29, 1.82) is 0 Å². The van der Waals surface area contributed by atoms with Gasteiger partial charge in [0.25, 0.3) is 0 Å². The van der Waals surface area contributed by atoms with Crippen LogP contribution in [0.5, 0.6) is 0 Å². The van der Waals surface area contributed by atoms with Gasteiger partial charge in [0.2, 0.25) is 0 Å². The van der Waals surface area contributed by atoms with Crippen molar-refractivity contribution in [1.82, 2.24) is 15.1 Å². The van der Waals surface area contributed by atoms with Crippen LogP contribution >= 0.6 is 0 Å². The molecule has 4 N–H and O–H groups in total. The van der Waals surface area contributed by atoms with Gasteiger partial charge in [-0.2, -0.15) is 0 Å². The molecule has 0 aromatic carbocycles. The van der Waals surface area contributed by atoms with Gasteiger partial charge in [-0.15, -0.1) is 0 Å². The van der Waals surface area contributed by atoms with Crippen molar-refractivity contribution in [2.45, 2.75) is 51.4 Å². The van der Waals surface area contributed by atoms with Gasteiger partial charge >= 0.3 is 17.9 Å². The summed E-state index contributed by atoms with van der Waals surface area (Å²) >= 11 is 0. The quantitative estimate of drug-likeness (QED) is 0.476. The highest BCUT2D eigenvalue weighted by atomic mass is 16.4. The minimum absolute atomic E-state index is 0.306. The van der Waals surface area contributed by atoms with Crippen molar-refractivity contribution in [3.63, 3.8) is 0 Å². The predicted molar refractivity (Wildman–Crippen MR) is 86.0 cm³/mol. The molecular weight excluding hydrogens is 318 g/mol. The van der Waals surface area contributed by atoms with Crippen LogP contribution in [-0.2, 0) is 14.4 Å². The average molecular weight is 345 g/mol. The van der Waals surface area contributed by atoms with Crippen LogP contribution in [0.4, 0.5) is 0 Å². The number of rotatable bonds is 7. The van der Waals surface area contributed by atoms with Gasteiger partial charge in [-0.25, -0.2) is 0 Å². The fourth-order valence-electron chi connectivity index (χ4n) is 3.01. The molecule has 0 bridgehead atoms. The molecular formula is C15H27N3O6. The maximum atomic E-state index is 11.3. The fraction of sp³-hybridized carbons (Fsp3) is 0.800. The molecule has 1 aliphatic heterocycles. The van der Waals surface area contributed by atoms with Crippen molar-refractivity contribution >= 4 is 17.9 Å². The highest BCUT2D eigenvalue weighted by molar-refractivity contribution is 5.74. The van der Waals surface area contributed by atoms with Gasteiger partial charge in [0.15, 0.2) is 0 Å². The molecule has 0 radical (unpaired) electrons. The van der Waals surface area contributed by atoms with Crippen molar-refractivity contribution in [3.8, 4) is 0 Å². The Morgan fingerprint density at radius 2 is 1.25 bits per heavy atom. The Morgan fingerprint density at radius 1 is 0.875 bits per heavy atom. The van der Waals surface area contributed by atoms with Crippen LogP contribution in [0.3, 0.4) is 0 Å². The Labute approximate surface area is 141 Å². The number of carbonyl (C=O) groups is 3. The molecule has 138 valence electrons. The number of hydrogen-bond donors (Lipinski definition) is 4. The second-order valence-corrected chi connectivity index (χ2v) is 6.73. The van der Waals surface area contributed by atoms with Gasteiger partial charge in [-0.1, -0.05) is 0 Å². The highest BCUT2D eigenvalue weighted by Crippen LogP contribution is 2.19. The highest BCUT2D eigenvalue weighted by Gasteiger charge is 2.39. The summed E-state index contributed by atoms with van der Waals surface area (Å²) in [6, 6.07) is -2.32. The van der Waals surface area contributed by atoms with Gasteiger partial charge in [0.05, 0.1) is 0 Å². The minimum atomic E-state index is -1.02. The van der Waals surface area contributed by atoms with E-state index in [2.05, 4.69) is 5.32 Å². The average Bonchev–Trinajstić information content (AvgIpc) is 2.64. The van der Waals surface area contributed by atoms with Crippen LogP contribution in [-0.4, -0.2) is 92.9 Å². The lowest BCUT2D eigenvalue weighted by Gasteiger charge is -2.38. The molecule has 0 saturated carbocycles. The fourth-order valence-corrected chi connectivity index (χ4v) is 3.01. The second-order valence-electron chi connectivity index (χ2n) is 6.73. The zero-order valence-corrected chi connectivity index (χ0v) is 14.5. The first kappa shape index (κ1) is 20.3. The van der Waals surface area contributed by atoms with Crippen molar-refractivity contribution < 1.29 is 29.7 Å². The smallest absolute Gasteiger partial charge is 0.320 e. The molecule has 1 aliphatic rings. The van der Waals surface area contributed by atoms with Crippen LogP contribution in [0, 0.1) is 0 Å². The third-order valence-corrected chi connectivity index (χ3v) is 4.52. The molecule has 0 spiro atoms. The maximum Gasteiger partial charge on any atom is 0.320 e. The minimum Gasteiger partial charge on any atom is -0.480 e. The number of carboxylic acid groups (broad SMARTS) is 3. The predicted octanol–water partition coefficient (Wildman–Crippen LogP) is -0.628. The topological polar surface area (TPSA) is 130 Å². The molecule has 24 heavy (non-hydrogen) atoms. The van der Waals surface area contributed by atoms with E-state index >= 15 is 0 Å². The Kier molecular flexibility index (Phi) is 6.70. The van der Waals surface area contributed by atoms with Crippen molar-refractivity contribution in [3.05, 3.63) is 0 Å². The molecule has 1 fully saturated rings. The number of nitrogens with one attached hydrogen (secondary N) is 1. The first-order valence-corrected chi connectivity index (χ1v) is 7.91. The van der Waals surface area contributed by atoms with Gasteiger partial charge < -0.3 is 15.3 Å². The lowest BCUT2D eigenvalue weighted by Crippen LogP contribution is -2.61. The monoisotopic (exact) mass is 345 g/mol. The Bertz CT molecular complexity index is 468. The first-order valence-electron chi connectivity index (χ1n) is 7.91. The van der Waals surface area contributed by atoms with E-state index < -0.39 is 41.6 Å². The van der Waals surface area contributed by atoms with Crippen LogP contribution in [0.2, 0.25) is 0 Å². The van der Waals surface area contributed by atoms with E-state index in [0.717, 1.165) is 0 Å². The summed E-state index contributed by atoms with van der Waals surface area (Å²) in [5.74, 6) is -2.96. The summed E-state index contributed by atoms with van der Waals surface area (Å²) in [4.78, 5) is 37.3. The molecule has 0 amide bonds.